The average Bonchev–Trinajstić information content (AvgIpc) is 2.35. The van der Waals surface area contributed by atoms with E-state index < -0.39 is 5.82 Å². The van der Waals surface area contributed by atoms with Gasteiger partial charge in [0.05, 0.1) is 10.6 Å². The number of benzene rings is 2. The minimum absolute atomic E-state index is 0.000283. The van der Waals surface area contributed by atoms with Crippen LogP contribution in [0.5, 0.6) is 11.5 Å². The van der Waals surface area contributed by atoms with Gasteiger partial charge in [0.15, 0.2) is 11.6 Å². The van der Waals surface area contributed by atoms with Crippen molar-refractivity contribution in [1.29, 1.82) is 0 Å². The van der Waals surface area contributed by atoms with Crippen molar-refractivity contribution in [1.82, 2.24) is 0 Å². The number of hydrogen-bond acceptors (Lipinski definition) is 2. The molecule has 0 heterocycles. The number of para-hydroxylation sites is 1. The number of nitrogens with two attached hydrogens (primary N) is 1. The van der Waals surface area contributed by atoms with Gasteiger partial charge in [-0.05, 0) is 24.3 Å². The largest absolute Gasteiger partial charge is 0.453 e. The number of hydrogen-bond donors (Lipinski definition) is 1. The van der Waals surface area contributed by atoms with E-state index in [-0.39, 0.29) is 15.8 Å². The molecule has 18 heavy (non-hydrogen) atoms. The Labute approximate surface area is 114 Å². The summed E-state index contributed by atoms with van der Waals surface area (Å²) in [7, 11) is 0. The van der Waals surface area contributed by atoms with Crippen LogP contribution in [0.4, 0.5) is 4.39 Å². The Bertz CT molecular complexity index is 603. The molecule has 0 fully saturated rings. The van der Waals surface area contributed by atoms with Crippen LogP contribution in [0.3, 0.4) is 0 Å². The lowest BCUT2D eigenvalue weighted by Crippen LogP contribution is -2.10. The van der Waals surface area contributed by atoms with E-state index in [0.717, 1.165) is 0 Å². The van der Waals surface area contributed by atoms with Crippen molar-refractivity contribution in [3.05, 3.63) is 58.9 Å². The molecule has 0 amide bonds. The minimum atomic E-state index is -0.614. The van der Waals surface area contributed by atoms with Crippen LogP contribution in [0, 0.1) is 5.82 Å². The van der Waals surface area contributed by atoms with Crippen molar-refractivity contribution < 1.29 is 9.13 Å². The maximum atomic E-state index is 13.7. The monoisotopic (exact) mass is 281 g/mol. The number of rotatable bonds is 3. The van der Waals surface area contributed by atoms with E-state index in [1.165, 1.54) is 12.1 Å². The predicted molar refractivity (Wildman–Crippen MR) is 73.8 cm³/mol. The SMILES string of the molecule is NC(=S)c1ccccc1Oc1cccc(Cl)c1F. The van der Waals surface area contributed by atoms with Crippen LogP contribution in [0.25, 0.3) is 0 Å². The molecule has 0 aliphatic rings. The molecule has 92 valence electrons. The smallest absolute Gasteiger partial charge is 0.184 e. The third kappa shape index (κ3) is 2.60. The quantitative estimate of drug-likeness (QED) is 0.867. The van der Waals surface area contributed by atoms with Gasteiger partial charge in [-0.2, -0.15) is 0 Å². The summed E-state index contributed by atoms with van der Waals surface area (Å²) >= 11 is 10.6. The molecule has 2 aromatic carbocycles. The Kier molecular flexibility index (Phi) is 3.79. The fourth-order valence-electron chi connectivity index (χ4n) is 1.44. The molecule has 0 spiro atoms. The standard InChI is InChI=1S/C13H9ClFNOS/c14-9-5-3-7-11(12(9)15)17-10-6-2-1-4-8(10)13(16)18/h1-7H,(H2,16,18). The summed E-state index contributed by atoms with van der Waals surface area (Å²) in [6.07, 6.45) is 0. The van der Waals surface area contributed by atoms with Crippen LogP contribution in [0.1, 0.15) is 5.56 Å². The molecular weight excluding hydrogens is 273 g/mol. The molecule has 0 saturated heterocycles. The molecule has 2 rings (SSSR count). The lowest BCUT2D eigenvalue weighted by molar-refractivity contribution is 0.442. The van der Waals surface area contributed by atoms with Gasteiger partial charge >= 0.3 is 0 Å². The summed E-state index contributed by atoms with van der Waals surface area (Å²) in [6, 6.07) is 11.4. The summed E-state index contributed by atoms with van der Waals surface area (Å²) in [5.74, 6) is -0.186. The van der Waals surface area contributed by atoms with Crippen molar-refractivity contribution in [3.63, 3.8) is 0 Å². The van der Waals surface area contributed by atoms with Crippen molar-refractivity contribution in [2.45, 2.75) is 0 Å². The number of halogens is 2. The molecule has 2 aromatic rings. The second-order valence-corrected chi connectivity index (χ2v) is 4.36. The second kappa shape index (κ2) is 5.33. The highest BCUT2D eigenvalue weighted by Crippen LogP contribution is 2.30. The van der Waals surface area contributed by atoms with Gasteiger partial charge in [-0.3, -0.25) is 0 Å². The fraction of sp³-hybridized carbons (Fsp3) is 0. The average molecular weight is 282 g/mol. The third-order valence-corrected chi connectivity index (χ3v) is 2.80. The van der Waals surface area contributed by atoms with E-state index >= 15 is 0 Å². The third-order valence-electron chi connectivity index (χ3n) is 2.29. The molecule has 0 aliphatic heterocycles. The van der Waals surface area contributed by atoms with Gasteiger partial charge in [0.2, 0.25) is 0 Å². The van der Waals surface area contributed by atoms with E-state index in [1.807, 2.05) is 0 Å². The molecule has 5 heteroatoms. The zero-order valence-corrected chi connectivity index (χ0v) is 10.8. The molecule has 0 radical (unpaired) electrons. The highest BCUT2D eigenvalue weighted by atomic mass is 35.5. The van der Waals surface area contributed by atoms with Gasteiger partial charge in [-0.25, -0.2) is 4.39 Å². The minimum Gasteiger partial charge on any atom is -0.453 e. The molecule has 2 N–H and O–H groups in total. The van der Waals surface area contributed by atoms with Gasteiger partial charge in [0, 0.05) is 0 Å². The number of thiocarbonyl (C=S) groups is 1. The van der Waals surface area contributed by atoms with Gasteiger partial charge in [-0.1, -0.05) is 42.0 Å². The zero-order chi connectivity index (χ0) is 13.1. The van der Waals surface area contributed by atoms with Crippen molar-refractivity contribution >= 4 is 28.8 Å². The van der Waals surface area contributed by atoms with Crippen LogP contribution in [-0.4, -0.2) is 4.99 Å². The summed E-state index contributed by atoms with van der Waals surface area (Å²) in [4.78, 5) is 0.188. The maximum absolute atomic E-state index is 13.7. The summed E-state index contributed by atoms with van der Waals surface area (Å²) in [5, 5.41) is 0.000283. The molecule has 0 aliphatic carbocycles. The normalized spacial score (nSPS) is 10.1. The topological polar surface area (TPSA) is 35.2 Å². The Balaban J connectivity index is 2.40. The van der Waals surface area contributed by atoms with E-state index in [1.54, 1.807) is 30.3 Å². The summed E-state index contributed by atoms with van der Waals surface area (Å²) in [6.45, 7) is 0. The van der Waals surface area contributed by atoms with Gasteiger partial charge in [0.1, 0.15) is 10.7 Å². The van der Waals surface area contributed by atoms with E-state index in [4.69, 9.17) is 34.3 Å². The fourth-order valence-corrected chi connectivity index (χ4v) is 1.78. The second-order valence-electron chi connectivity index (χ2n) is 3.51. The molecule has 2 nitrogen and oxygen atoms in total. The highest BCUT2D eigenvalue weighted by molar-refractivity contribution is 7.80. The van der Waals surface area contributed by atoms with Gasteiger partial charge in [0.25, 0.3) is 0 Å². The zero-order valence-electron chi connectivity index (χ0n) is 9.19. The molecular formula is C13H9ClFNOS. The van der Waals surface area contributed by atoms with Gasteiger partial charge in [-0.15, -0.1) is 0 Å². The van der Waals surface area contributed by atoms with Crippen LogP contribution in [0.15, 0.2) is 42.5 Å². The lowest BCUT2D eigenvalue weighted by atomic mass is 10.2. The maximum Gasteiger partial charge on any atom is 0.184 e. The van der Waals surface area contributed by atoms with E-state index in [2.05, 4.69) is 0 Å². The first-order valence-electron chi connectivity index (χ1n) is 5.10. The Hall–Kier alpha value is -1.65. The Morgan fingerprint density at radius 1 is 1.11 bits per heavy atom. The van der Waals surface area contributed by atoms with Gasteiger partial charge < -0.3 is 10.5 Å². The van der Waals surface area contributed by atoms with Crippen LogP contribution >= 0.6 is 23.8 Å². The molecule has 0 atom stereocenters. The molecule has 0 unspecified atom stereocenters. The van der Waals surface area contributed by atoms with Crippen LogP contribution in [-0.2, 0) is 0 Å². The van der Waals surface area contributed by atoms with E-state index in [0.29, 0.717) is 11.3 Å². The predicted octanol–water partition coefficient (Wildman–Crippen LogP) is 3.91. The van der Waals surface area contributed by atoms with Crippen molar-refractivity contribution in [2.75, 3.05) is 0 Å². The Morgan fingerprint density at radius 2 is 1.78 bits per heavy atom. The van der Waals surface area contributed by atoms with Crippen molar-refractivity contribution in [2.24, 2.45) is 5.73 Å². The summed E-state index contributed by atoms with van der Waals surface area (Å²) in [5.41, 5.74) is 6.12. The van der Waals surface area contributed by atoms with Crippen molar-refractivity contribution in [3.8, 4) is 11.5 Å². The first-order valence-corrected chi connectivity index (χ1v) is 5.89. The molecule has 0 saturated carbocycles. The Morgan fingerprint density at radius 3 is 2.50 bits per heavy atom. The van der Waals surface area contributed by atoms with E-state index in [9.17, 15) is 4.39 Å². The molecule has 0 aromatic heterocycles. The first-order chi connectivity index (χ1) is 8.59. The van der Waals surface area contributed by atoms with Crippen LogP contribution < -0.4 is 10.5 Å². The first kappa shape index (κ1) is 12.8. The lowest BCUT2D eigenvalue weighted by Gasteiger charge is -2.11. The highest BCUT2D eigenvalue weighted by Gasteiger charge is 2.11. The van der Waals surface area contributed by atoms with Crippen LogP contribution in [0.2, 0.25) is 5.02 Å². The molecule has 0 bridgehead atoms. The number of ether oxygens (including phenoxy) is 1. The summed E-state index contributed by atoms with van der Waals surface area (Å²) < 4.78 is 19.2.